The molecule has 114 valence electrons. The average molecular weight is 298 g/mol. The van der Waals surface area contributed by atoms with E-state index in [1.54, 1.807) is 11.3 Å². The molecule has 3 nitrogen and oxygen atoms in total. The second-order valence-electron chi connectivity index (χ2n) is 6.65. The van der Waals surface area contributed by atoms with Gasteiger partial charge in [-0.3, -0.25) is 4.79 Å². The van der Waals surface area contributed by atoms with Crippen LogP contribution in [0.3, 0.4) is 0 Å². The van der Waals surface area contributed by atoms with E-state index in [2.05, 4.69) is 11.4 Å². The van der Waals surface area contributed by atoms with Crippen molar-refractivity contribution in [1.29, 1.82) is 0 Å². The molecule has 0 fully saturated rings. The van der Waals surface area contributed by atoms with E-state index in [9.17, 15) is 9.90 Å². The first kappa shape index (κ1) is 17.2. The number of ether oxygens (including phenoxy) is 1. The molecule has 1 aromatic heterocycles. The smallest absolute Gasteiger partial charge is 0.309 e. The molecule has 1 aromatic rings. The molecule has 0 amide bonds. The Balaban J connectivity index is 2.64. The van der Waals surface area contributed by atoms with Crippen LogP contribution in [0.5, 0.6) is 0 Å². The van der Waals surface area contributed by atoms with Crippen molar-refractivity contribution >= 4 is 17.3 Å². The van der Waals surface area contributed by atoms with Gasteiger partial charge in [0.2, 0.25) is 0 Å². The fourth-order valence-electron chi connectivity index (χ4n) is 2.00. The maximum atomic E-state index is 12.0. The van der Waals surface area contributed by atoms with Crippen LogP contribution in [0.25, 0.3) is 0 Å². The molecule has 0 aliphatic carbocycles. The minimum absolute atomic E-state index is 0.00801. The van der Waals surface area contributed by atoms with E-state index >= 15 is 0 Å². The van der Waals surface area contributed by atoms with Gasteiger partial charge in [0.1, 0.15) is 5.60 Å². The van der Waals surface area contributed by atoms with Crippen molar-refractivity contribution in [2.75, 3.05) is 0 Å². The highest BCUT2D eigenvalue weighted by atomic mass is 32.1. The fraction of sp³-hybridized carbons (Fsp3) is 0.688. The van der Waals surface area contributed by atoms with Crippen molar-refractivity contribution in [2.45, 2.75) is 65.1 Å². The highest BCUT2D eigenvalue weighted by Gasteiger charge is 2.35. The monoisotopic (exact) mass is 298 g/mol. The first-order chi connectivity index (χ1) is 9.12. The molecule has 0 aromatic carbocycles. The van der Waals surface area contributed by atoms with Crippen LogP contribution in [0.1, 0.15) is 53.0 Å². The lowest BCUT2D eigenvalue weighted by Crippen LogP contribution is -2.40. The largest absolute Gasteiger partial charge is 0.460 e. The molecule has 1 N–H and O–H groups in total. The number of carbonyl (C=O) groups is 1. The number of hydrogen-bond donors (Lipinski definition) is 1. The van der Waals surface area contributed by atoms with Gasteiger partial charge >= 0.3 is 5.97 Å². The van der Waals surface area contributed by atoms with Gasteiger partial charge in [-0.25, -0.2) is 0 Å². The number of rotatable bonds is 6. The van der Waals surface area contributed by atoms with Gasteiger partial charge in [-0.05, 0) is 61.9 Å². The van der Waals surface area contributed by atoms with Gasteiger partial charge in [-0.15, -0.1) is 0 Å². The molecule has 0 saturated heterocycles. The first-order valence-electron chi connectivity index (χ1n) is 7.08. The van der Waals surface area contributed by atoms with Crippen molar-refractivity contribution in [3.63, 3.8) is 0 Å². The molecule has 0 bridgehead atoms. The molecule has 0 aliphatic heterocycles. The highest BCUT2D eigenvalue weighted by Crippen LogP contribution is 2.28. The minimum atomic E-state index is -1.01. The molecule has 1 heterocycles. The minimum Gasteiger partial charge on any atom is -0.460 e. The third-order valence-electron chi connectivity index (χ3n) is 3.37. The van der Waals surface area contributed by atoms with E-state index in [0.29, 0.717) is 6.42 Å². The third-order valence-corrected chi connectivity index (χ3v) is 4.10. The van der Waals surface area contributed by atoms with E-state index in [4.69, 9.17) is 4.74 Å². The van der Waals surface area contributed by atoms with Crippen LogP contribution in [0.2, 0.25) is 0 Å². The highest BCUT2D eigenvalue weighted by molar-refractivity contribution is 7.07. The summed E-state index contributed by atoms with van der Waals surface area (Å²) in [5.41, 5.74) is -0.315. The van der Waals surface area contributed by atoms with Crippen LogP contribution < -0.4 is 0 Å². The van der Waals surface area contributed by atoms with Gasteiger partial charge in [0.15, 0.2) is 0 Å². The summed E-state index contributed by atoms with van der Waals surface area (Å²) < 4.78 is 5.32. The zero-order chi connectivity index (χ0) is 15.4. The summed E-state index contributed by atoms with van der Waals surface area (Å²) in [4.78, 5) is 12.0. The maximum absolute atomic E-state index is 12.0. The predicted octanol–water partition coefficient (Wildman–Crippen LogP) is 3.80. The van der Waals surface area contributed by atoms with E-state index in [1.165, 1.54) is 5.56 Å². The quantitative estimate of drug-likeness (QED) is 0.813. The SMILES string of the molecule is CC(C)C(O)(CCc1ccsc1)CC(=O)OC(C)(C)C. The topological polar surface area (TPSA) is 46.5 Å². The van der Waals surface area contributed by atoms with Crippen molar-refractivity contribution in [1.82, 2.24) is 0 Å². The summed E-state index contributed by atoms with van der Waals surface area (Å²) in [6.07, 6.45) is 1.40. The Morgan fingerprint density at radius 1 is 1.40 bits per heavy atom. The van der Waals surface area contributed by atoms with Crippen molar-refractivity contribution in [3.05, 3.63) is 22.4 Å². The molecule has 1 rings (SSSR count). The van der Waals surface area contributed by atoms with Gasteiger partial charge in [0.05, 0.1) is 12.0 Å². The van der Waals surface area contributed by atoms with E-state index in [1.807, 2.05) is 40.0 Å². The first-order valence-corrected chi connectivity index (χ1v) is 8.02. The van der Waals surface area contributed by atoms with Gasteiger partial charge < -0.3 is 9.84 Å². The number of thiophene rings is 1. The van der Waals surface area contributed by atoms with Gasteiger partial charge in [-0.2, -0.15) is 11.3 Å². The molecule has 4 heteroatoms. The predicted molar refractivity (Wildman–Crippen MR) is 82.9 cm³/mol. The Kier molecular flexibility index (Phi) is 5.78. The summed E-state index contributed by atoms with van der Waals surface area (Å²) in [6, 6.07) is 2.05. The second kappa shape index (κ2) is 6.72. The normalized spacial score (nSPS) is 15.2. The molecular formula is C16H26O3S. The van der Waals surface area contributed by atoms with Crippen LogP contribution in [0.15, 0.2) is 16.8 Å². The second-order valence-corrected chi connectivity index (χ2v) is 7.43. The summed E-state index contributed by atoms with van der Waals surface area (Å²) in [7, 11) is 0. The summed E-state index contributed by atoms with van der Waals surface area (Å²) >= 11 is 1.65. The molecule has 1 unspecified atom stereocenters. The lowest BCUT2D eigenvalue weighted by molar-refractivity contribution is -0.162. The standard InChI is InChI=1S/C16H26O3S/c1-12(2)16(18,8-6-13-7-9-20-11-13)10-14(17)19-15(3,4)5/h7,9,11-12,18H,6,8,10H2,1-5H3. The van der Waals surface area contributed by atoms with Crippen LogP contribution in [-0.4, -0.2) is 22.3 Å². The van der Waals surface area contributed by atoms with E-state index in [-0.39, 0.29) is 18.3 Å². The molecule has 1 atom stereocenters. The molecule has 0 radical (unpaired) electrons. The summed E-state index contributed by atoms with van der Waals surface area (Å²) in [5.74, 6) is -0.326. The van der Waals surface area contributed by atoms with Crippen molar-refractivity contribution in [2.24, 2.45) is 5.92 Å². The van der Waals surface area contributed by atoms with Crippen LogP contribution in [0, 0.1) is 5.92 Å². The van der Waals surface area contributed by atoms with Crippen molar-refractivity contribution < 1.29 is 14.6 Å². The summed E-state index contributed by atoms with van der Waals surface area (Å²) in [6.45, 7) is 9.40. The number of carbonyl (C=O) groups excluding carboxylic acids is 1. The molecule has 20 heavy (non-hydrogen) atoms. The molecule has 0 saturated carbocycles. The summed E-state index contributed by atoms with van der Waals surface area (Å²) in [5, 5.41) is 14.9. The zero-order valence-corrected chi connectivity index (χ0v) is 13.9. The molecule has 0 aliphatic rings. The zero-order valence-electron chi connectivity index (χ0n) is 13.1. The van der Waals surface area contributed by atoms with Gasteiger partial charge in [0.25, 0.3) is 0 Å². The average Bonchev–Trinajstić information content (AvgIpc) is 2.76. The number of aryl methyl sites for hydroxylation is 1. The van der Waals surface area contributed by atoms with E-state index < -0.39 is 11.2 Å². The number of hydrogen-bond acceptors (Lipinski definition) is 4. The lowest BCUT2D eigenvalue weighted by atomic mass is 9.82. The Bertz CT molecular complexity index is 417. The van der Waals surface area contributed by atoms with Crippen molar-refractivity contribution in [3.8, 4) is 0 Å². The van der Waals surface area contributed by atoms with Gasteiger partial charge in [0, 0.05) is 0 Å². The van der Waals surface area contributed by atoms with Crippen LogP contribution in [-0.2, 0) is 16.0 Å². The van der Waals surface area contributed by atoms with Gasteiger partial charge in [-0.1, -0.05) is 13.8 Å². The Morgan fingerprint density at radius 3 is 2.50 bits per heavy atom. The van der Waals surface area contributed by atoms with E-state index in [0.717, 1.165) is 6.42 Å². The fourth-order valence-corrected chi connectivity index (χ4v) is 2.71. The number of esters is 1. The lowest BCUT2D eigenvalue weighted by Gasteiger charge is -2.32. The third kappa shape index (κ3) is 5.63. The Hall–Kier alpha value is -0.870. The molecule has 0 spiro atoms. The maximum Gasteiger partial charge on any atom is 0.309 e. The molecular weight excluding hydrogens is 272 g/mol. The Labute approximate surface area is 126 Å². The van der Waals surface area contributed by atoms with Crippen LogP contribution in [0.4, 0.5) is 0 Å². The van der Waals surface area contributed by atoms with Crippen LogP contribution >= 0.6 is 11.3 Å². The Morgan fingerprint density at radius 2 is 2.05 bits per heavy atom. The number of aliphatic hydroxyl groups is 1.